The van der Waals surface area contributed by atoms with Gasteiger partial charge < -0.3 is 20.7 Å². The van der Waals surface area contributed by atoms with Crippen LogP contribution in [0, 0.1) is 29.5 Å². The Labute approximate surface area is 200 Å². The van der Waals surface area contributed by atoms with E-state index < -0.39 is 18.0 Å². The van der Waals surface area contributed by atoms with E-state index in [0.29, 0.717) is 19.4 Å². The number of hydrogen-bond acceptors (Lipinski definition) is 4. The molecular formula is C23H28ClF4N3O3. The first-order chi connectivity index (χ1) is 16.1. The van der Waals surface area contributed by atoms with Gasteiger partial charge in [-0.15, -0.1) is 0 Å². The third-order valence-electron chi connectivity index (χ3n) is 7.35. The molecule has 2 amide bonds. The third-order valence-corrected chi connectivity index (χ3v) is 7.65. The van der Waals surface area contributed by atoms with Crippen LogP contribution in [0.1, 0.15) is 32.1 Å². The van der Waals surface area contributed by atoms with Crippen LogP contribution in [0.25, 0.3) is 0 Å². The lowest BCUT2D eigenvalue weighted by Crippen LogP contribution is -2.50. The highest BCUT2D eigenvalue weighted by atomic mass is 35.5. The highest BCUT2D eigenvalue weighted by molar-refractivity contribution is 6.30. The number of halogens is 5. The summed E-state index contributed by atoms with van der Waals surface area (Å²) < 4.78 is 57.2. The van der Waals surface area contributed by atoms with Gasteiger partial charge in [0.25, 0.3) is 5.91 Å². The predicted molar refractivity (Wildman–Crippen MR) is 117 cm³/mol. The molecule has 6 nitrogen and oxygen atoms in total. The zero-order valence-electron chi connectivity index (χ0n) is 18.5. The summed E-state index contributed by atoms with van der Waals surface area (Å²) in [7, 11) is 0. The summed E-state index contributed by atoms with van der Waals surface area (Å²) >= 11 is 5.63. The number of ether oxygens (including phenoxy) is 1. The largest absolute Gasteiger partial charge is 0.484 e. The van der Waals surface area contributed by atoms with Crippen LogP contribution in [0.5, 0.6) is 5.75 Å². The van der Waals surface area contributed by atoms with Crippen molar-refractivity contribution in [2.75, 3.05) is 19.7 Å². The second-order valence-corrected chi connectivity index (χ2v) is 9.88. The van der Waals surface area contributed by atoms with Crippen molar-refractivity contribution in [3.63, 3.8) is 0 Å². The molecule has 11 heteroatoms. The van der Waals surface area contributed by atoms with Crippen molar-refractivity contribution in [1.29, 1.82) is 0 Å². The molecule has 0 spiro atoms. The summed E-state index contributed by atoms with van der Waals surface area (Å²) in [6.45, 7) is 0.281. The van der Waals surface area contributed by atoms with E-state index in [-0.39, 0.29) is 71.9 Å². The van der Waals surface area contributed by atoms with Crippen molar-refractivity contribution in [3.05, 3.63) is 29.0 Å². The van der Waals surface area contributed by atoms with E-state index in [2.05, 4.69) is 16.0 Å². The number of carbonyl (C=O) groups excluding carboxylic acids is 2. The molecular weight excluding hydrogens is 478 g/mol. The molecule has 0 aromatic heterocycles. The monoisotopic (exact) mass is 505 g/mol. The van der Waals surface area contributed by atoms with Gasteiger partial charge in [-0.3, -0.25) is 9.59 Å². The summed E-state index contributed by atoms with van der Waals surface area (Å²) in [6, 6.07) is 2.32. The van der Waals surface area contributed by atoms with Gasteiger partial charge in [0.15, 0.2) is 6.61 Å². The summed E-state index contributed by atoms with van der Waals surface area (Å²) in [5, 5.41) is 8.35. The number of rotatable bonds is 7. The van der Waals surface area contributed by atoms with Crippen molar-refractivity contribution >= 4 is 23.4 Å². The first-order valence-electron chi connectivity index (χ1n) is 11.6. The SMILES string of the molecule is O=C(COc1ccc(Cl)c(F)c1)NC1CC(C(=O)NCC2CCC(C(F)(F)F)NC2)C2CCC12. The van der Waals surface area contributed by atoms with Gasteiger partial charge in [0, 0.05) is 31.1 Å². The second-order valence-electron chi connectivity index (χ2n) is 9.48. The maximum Gasteiger partial charge on any atom is 0.403 e. The van der Waals surface area contributed by atoms with Crippen LogP contribution in [-0.4, -0.2) is 49.8 Å². The first kappa shape index (κ1) is 25.0. The molecule has 34 heavy (non-hydrogen) atoms. The molecule has 2 saturated carbocycles. The van der Waals surface area contributed by atoms with Gasteiger partial charge in [0.2, 0.25) is 5.91 Å². The van der Waals surface area contributed by atoms with E-state index in [0.717, 1.165) is 18.9 Å². The number of hydrogen-bond donors (Lipinski definition) is 3. The van der Waals surface area contributed by atoms with Crippen molar-refractivity contribution in [3.8, 4) is 5.75 Å². The van der Waals surface area contributed by atoms with Gasteiger partial charge in [0.05, 0.1) is 5.02 Å². The molecule has 6 unspecified atom stereocenters. The Balaban J connectivity index is 1.21. The lowest BCUT2D eigenvalue weighted by molar-refractivity contribution is -0.162. The molecule has 1 aromatic carbocycles. The van der Waals surface area contributed by atoms with Crippen molar-refractivity contribution in [1.82, 2.24) is 16.0 Å². The fourth-order valence-corrected chi connectivity index (χ4v) is 5.47. The molecule has 3 N–H and O–H groups in total. The number of carbonyl (C=O) groups is 2. The van der Waals surface area contributed by atoms with Gasteiger partial charge in [-0.05, 0) is 62.0 Å². The summed E-state index contributed by atoms with van der Waals surface area (Å²) in [6.07, 6.45) is -1.47. The lowest BCUT2D eigenvalue weighted by atomic mass is 9.71. The topological polar surface area (TPSA) is 79.5 Å². The molecule has 4 rings (SSSR count). The second kappa shape index (κ2) is 10.3. The molecule has 2 aliphatic carbocycles. The predicted octanol–water partition coefficient (Wildman–Crippen LogP) is 3.44. The van der Waals surface area contributed by atoms with Crippen LogP contribution in [0.2, 0.25) is 5.02 Å². The van der Waals surface area contributed by atoms with Crippen LogP contribution in [0.4, 0.5) is 17.6 Å². The zero-order valence-corrected chi connectivity index (χ0v) is 19.2. The minimum absolute atomic E-state index is 0.0109. The molecule has 1 aliphatic heterocycles. The summed E-state index contributed by atoms with van der Waals surface area (Å²) in [5.74, 6) is -0.739. The molecule has 3 fully saturated rings. The van der Waals surface area contributed by atoms with E-state index in [1.54, 1.807) is 0 Å². The lowest BCUT2D eigenvalue weighted by Gasteiger charge is -2.36. The van der Waals surface area contributed by atoms with Crippen LogP contribution < -0.4 is 20.7 Å². The Bertz CT molecular complexity index is 908. The third kappa shape index (κ3) is 5.76. The molecule has 1 heterocycles. The quantitative estimate of drug-likeness (QED) is 0.496. The minimum atomic E-state index is -4.24. The van der Waals surface area contributed by atoms with Crippen LogP contribution in [-0.2, 0) is 9.59 Å². The van der Waals surface area contributed by atoms with E-state index in [1.807, 2.05) is 0 Å². The summed E-state index contributed by atoms with van der Waals surface area (Å²) in [4.78, 5) is 25.2. The zero-order chi connectivity index (χ0) is 24.5. The van der Waals surface area contributed by atoms with E-state index >= 15 is 0 Å². The van der Waals surface area contributed by atoms with Gasteiger partial charge in [-0.2, -0.15) is 13.2 Å². The highest BCUT2D eigenvalue weighted by Crippen LogP contribution is 2.50. The maximum atomic E-state index is 13.5. The maximum absolute atomic E-state index is 13.5. The number of benzene rings is 1. The van der Waals surface area contributed by atoms with Gasteiger partial charge >= 0.3 is 6.18 Å². The minimum Gasteiger partial charge on any atom is -0.484 e. The normalized spacial score (nSPS) is 30.7. The van der Waals surface area contributed by atoms with E-state index in [1.165, 1.54) is 12.1 Å². The Kier molecular flexibility index (Phi) is 7.57. The smallest absolute Gasteiger partial charge is 0.403 e. The molecule has 0 bridgehead atoms. The Hall–Kier alpha value is -2.07. The van der Waals surface area contributed by atoms with Gasteiger partial charge in [-0.25, -0.2) is 4.39 Å². The number of piperidine rings is 1. The average molecular weight is 506 g/mol. The molecule has 1 saturated heterocycles. The van der Waals surface area contributed by atoms with Gasteiger partial charge in [-0.1, -0.05) is 11.6 Å². The summed E-state index contributed by atoms with van der Waals surface area (Å²) in [5.41, 5.74) is 0. The number of nitrogens with one attached hydrogen (secondary N) is 3. The molecule has 0 radical (unpaired) electrons. The van der Waals surface area contributed by atoms with Crippen molar-refractivity contribution in [2.45, 2.75) is 50.4 Å². The fraction of sp³-hybridized carbons (Fsp3) is 0.652. The van der Waals surface area contributed by atoms with Crippen LogP contribution in [0.3, 0.4) is 0 Å². The number of fused-ring (bicyclic) bond motifs is 1. The molecule has 1 aromatic rings. The standard InChI is InChI=1S/C23H28ClF4N3O3/c24-17-5-2-13(7-18(17)25)34-11-21(32)31-19-8-16(14-3-4-15(14)19)22(33)30-10-12-1-6-20(29-9-12)23(26,27)28/h2,5,7,12,14-16,19-20,29H,1,3-4,6,8-11H2,(H,30,33)(H,31,32). The average Bonchev–Trinajstić information content (AvgIpc) is 3.01. The Morgan fingerprint density at radius 3 is 2.53 bits per heavy atom. The van der Waals surface area contributed by atoms with Crippen molar-refractivity contribution in [2.24, 2.45) is 23.7 Å². The van der Waals surface area contributed by atoms with Crippen LogP contribution >= 0.6 is 11.6 Å². The Morgan fingerprint density at radius 1 is 1.15 bits per heavy atom. The Morgan fingerprint density at radius 2 is 1.91 bits per heavy atom. The number of alkyl halides is 3. The molecule has 3 aliphatic rings. The van der Waals surface area contributed by atoms with Gasteiger partial charge in [0.1, 0.15) is 17.6 Å². The number of amides is 2. The first-order valence-corrected chi connectivity index (χ1v) is 11.9. The van der Waals surface area contributed by atoms with Crippen LogP contribution in [0.15, 0.2) is 18.2 Å². The highest BCUT2D eigenvalue weighted by Gasteiger charge is 2.51. The van der Waals surface area contributed by atoms with Crippen molar-refractivity contribution < 1.29 is 31.9 Å². The van der Waals surface area contributed by atoms with E-state index in [4.69, 9.17) is 16.3 Å². The molecule has 6 atom stereocenters. The van der Waals surface area contributed by atoms with E-state index in [9.17, 15) is 27.2 Å². The fourth-order valence-electron chi connectivity index (χ4n) is 5.35. The molecule has 188 valence electrons.